The third-order valence-corrected chi connectivity index (χ3v) is 6.10. The summed E-state index contributed by atoms with van der Waals surface area (Å²) in [7, 11) is 0. The minimum atomic E-state index is -0.497. The Bertz CT molecular complexity index is 1270. The van der Waals surface area contributed by atoms with Gasteiger partial charge >= 0.3 is 0 Å². The number of hydrogen-bond acceptors (Lipinski definition) is 6. The second kappa shape index (κ2) is 8.35. The molecule has 4 N–H and O–H groups in total. The van der Waals surface area contributed by atoms with E-state index in [9.17, 15) is 4.39 Å². The third-order valence-electron chi connectivity index (χ3n) is 6.10. The summed E-state index contributed by atoms with van der Waals surface area (Å²) < 4.78 is 22.3. The molecule has 170 valence electrons. The number of fused-ring (bicyclic) bond motifs is 5. The Kier molecular flexibility index (Phi) is 5.36. The number of ether oxygens (including phenoxy) is 1. The number of anilines is 1. The van der Waals surface area contributed by atoms with Crippen molar-refractivity contribution in [3.63, 3.8) is 0 Å². The quantitative estimate of drug-likeness (QED) is 0.618. The Morgan fingerprint density at radius 3 is 2.85 bits per heavy atom. The fourth-order valence-electron chi connectivity index (χ4n) is 4.18. The molecule has 0 saturated heterocycles. The number of hydrogen-bond donors (Lipinski definition) is 2. The second-order valence-corrected chi connectivity index (χ2v) is 8.76. The number of allylic oxidation sites excluding steroid dienone is 1. The van der Waals surface area contributed by atoms with Gasteiger partial charge in [-0.1, -0.05) is 0 Å². The van der Waals surface area contributed by atoms with Crippen LogP contribution in [-0.4, -0.2) is 27.0 Å². The van der Waals surface area contributed by atoms with Crippen LogP contribution in [-0.2, 0) is 6.42 Å². The predicted octanol–water partition coefficient (Wildman–Crippen LogP) is 4.03. The summed E-state index contributed by atoms with van der Waals surface area (Å²) in [6.45, 7) is 4.53. The first-order valence-corrected chi connectivity index (χ1v) is 11.2. The molecule has 2 aromatic heterocycles. The van der Waals surface area contributed by atoms with E-state index in [1.807, 2.05) is 30.7 Å². The van der Waals surface area contributed by atoms with Crippen molar-refractivity contribution in [3.8, 4) is 11.4 Å². The average Bonchev–Trinajstić information content (AvgIpc) is 3.55. The van der Waals surface area contributed by atoms with Crippen molar-refractivity contribution < 1.29 is 9.13 Å². The molecule has 1 saturated carbocycles. The Morgan fingerprint density at radius 2 is 2.09 bits per heavy atom. The van der Waals surface area contributed by atoms with Gasteiger partial charge in [0.05, 0.1) is 17.1 Å². The number of nitrogens with zero attached hydrogens (tertiary/aromatic N) is 4. The number of aromatic nitrogens is 3. The van der Waals surface area contributed by atoms with Crippen molar-refractivity contribution in [2.45, 2.75) is 39.2 Å². The van der Waals surface area contributed by atoms with Gasteiger partial charge in [0, 0.05) is 36.0 Å². The van der Waals surface area contributed by atoms with Gasteiger partial charge in [-0.25, -0.2) is 14.1 Å². The Balaban J connectivity index is 1.72. The zero-order chi connectivity index (χ0) is 23.1. The summed E-state index contributed by atoms with van der Waals surface area (Å²) in [6.07, 6.45) is 5.70. The molecule has 3 heterocycles. The van der Waals surface area contributed by atoms with Crippen LogP contribution in [0.15, 0.2) is 53.3 Å². The van der Waals surface area contributed by atoms with Crippen molar-refractivity contribution in [3.05, 3.63) is 76.6 Å². The molecule has 8 heteroatoms. The van der Waals surface area contributed by atoms with E-state index in [-0.39, 0.29) is 11.6 Å². The van der Waals surface area contributed by atoms with Gasteiger partial charge in [-0.05, 0) is 74.7 Å². The van der Waals surface area contributed by atoms with Crippen molar-refractivity contribution in [2.24, 2.45) is 16.6 Å². The molecule has 5 rings (SSSR count). The van der Waals surface area contributed by atoms with Gasteiger partial charge in [0.25, 0.3) is 0 Å². The van der Waals surface area contributed by atoms with Crippen LogP contribution in [0, 0.1) is 18.7 Å². The number of rotatable bonds is 2. The van der Waals surface area contributed by atoms with Crippen LogP contribution in [0.1, 0.15) is 48.4 Å². The van der Waals surface area contributed by atoms with E-state index in [0.717, 1.165) is 40.5 Å². The second-order valence-electron chi connectivity index (χ2n) is 8.76. The molecule has 1 aliphatic carbocycles. The number of halogens is 1. The van der Waals surface area contributed by atoms with Crippen LogP contribution in [0.2, 0.25) is 0 Å². The van der Waals surface area contributed by atoms with E-state index in [1.165, 1.54) is 25.0 Å². The third kappa shape index (κ3) is 4.20. The maximum atomic E-state index is 14.3. The van der Waals surface area contributed by atoms with E-state index in [2.05, 4.69) is 4.98 Å². The number of benzene rings is 1. The topological polar surface area (TPSA) is 104 Å². The van der Waals surface area contributed by atoms with E-state index < -0.39 is 6.10 Å². The first kappa shape index (κ1) is 21.2. The number of nitrogen functional groups attached to an aromatic ring is 1. The van der Waals surface area contributed by atoms with Gasteiger partial charge in [0.1, 0.15) is 11.9 Å². The lowest BCUT2D eigenvalue weighted by atomic mass is 9.99. The van der Waals surface area contributed by atoms with E-state index in [4.69, 9.17) is 26.3 Å². The SMILES string of the molecule is Cc1cc2n(n1)-c1ccc(F)cc1C(C)Oc1cc(cnc1N)C(=NCC1CC1)C(=CN)C2. The molecule has 7 nitrogen and oxygen atoms in total. The highest BCUT2D eigenvalue weighted by Gasteiger charge is 2.25. The van der Waals surface area contributed by atoms with Gasteiger partial charge in [0.2, 0.25) is 0 Å². The molecule has 0 radical (unpaired) electrons. The molecule has 1 fully saturated rings. The van der Waals surface area contributed by atoms with Crippen LogP contribution in [0.4, 0.5) is 10.2 Å². The summed E-state index contributed by atoms with van der Waals surface area (Å²) in [5.41, 5.74) is 17.9. The fourth-order valence-corrected chi connectivity index (χ4v) is 4.18. The molecule has 1 atom stereocenters. The van der Waals surface area contributed by atoms with Crippen molar-refractivity contribution in [1.82, 2.24) is 14.8 Å². The van der Waals surface area contributed by atoms with Crippen LogP contribution >= 0.6 is 0 Å². The minimum Gasteiger partial charge on any atom is -0.482 e. The van der Waals surface area contributed by atoms with Gasteiger partial charge in [0.15, 0.2) is 11.6 Å². The highest BCUT2D eigenvalue weighted by molar-refractivity contribution is 6.13. The summed E-state index contributed by atoms with van der Waals surface area (Å²) in [6, 6.07) is 8.48. The zero-order valence-corrected chi connectivity index (χ0v) is 18.8. The zero-order valence-electron chi connectivity index (χ0n) is 18.8. The van der Waals surface area contributed by atoms with Gasteiger partial charge in [-0.3, -0.25) is 4.99 Å². The smallest absolute Gasteiger partial charge is 0.166 e. The molecular formula is C25H27FN6O. The van der Waals surface area contributed by atoms with E-state index in [1.54, 1.807) is 18.5 Å². The van der Waals surface area contributed by atoms with Crippen LogP contribution in [0.25, 0.3) is 5.69 Å². The minimum absolute atomic E-state index is 0.260. The van der Waals surface area contributed by atoms with Crippen LogP contribution < -0.4 is 16.2 Å². The molecule has 0 amide bonds. The first-order chi connectivity index (χ1) is 15.9. The molecule has 3 aromatic rings. The summed E-state index contributed by atoms with van der Waals surface area (Å²) in [5.74, 6) is 0.947. The molecular weight excluding hydrogens is 419 g/mol. The van der Waals surface area contributed by atoms with Crippen molar-refractivity contribution in [2.75, 3.05) is 12.3 Å². The van der Waals surface area contributed by atoms with Crippen LogP contribution in [0.3, 0.4) is 0 Å². The Hall–Kier alpha value is -3.68. The first-order valence-electron chi connectivity index (χ1n) is 11.2. The largest absolute Gasteiger partial charge is 0.482 e. The normalized spacial score (nSPS) is 20.5. The standard InChI is InChI=1S/C25H27FN6O/c1-14-7-20-8-17(11-27)24(29-12-16-3-4-16)18-9-23(25(28)30-13-18)33-15(2)21-10-19(26)5-6-22(21)32(20)31-14/h5-7,9-11,13,15-16H,3-4,8,12,27H2,1-2H3,(H2,28,30). The van der Waals surface area contributed by atoms with Crippen LogP contribution in [0.5, 0.6) is 5.75 Å². The number of pyridine rings is 1. The molecule has 2 bridgehead atoms. The molecule has 1 aliphatic heterocycles. The van der Waals surface area contributed by atoms with Gasteiger partial charge < -0.3 is 16.2 Å². The molecule has 1 unspecified atom stereocenters. The van der Waals surface area contributed by atoms with Crippen molar-refractivity contribution in [1.29, 1.82) is 0 Å². The number of aliphatic imine (C=N–C) groups is 1. The highest BCUT2D eigenvalue weighted by atomic mass is 19.1. The lowest BCUT2D eigenvalue weighted by Crippen LogP contribution is -2.17. The maximum Gasteiger partial charge on any atom is 0.166 e. The molecule has 0 spiro atoms. The fraction of sp³-hybridized carbons (Fsp3) is 0.320. The van der Waals surface area contributed by atoms with Gasteiger partial charge in [-0.15, -0.1) is 0 Å². The monoisotopic (exact) mass is 446 g/mol. The average molecular weight is 447 g/mol. The number of aryl methyl sites for hydroxylation is 1. The lowest BCUT2D eigenvalue weighted by molar-refractivity contribution is 0.226. The highest BCUT2D eigenvalue weighted by Crippen LogP contribution is 2.34. The van der Waals surface area contributed by atoms with Gasteiger partial charge in [-0.2, -0.15) is 5.10 Å². The predicted molar refractivity (Wildman–Crippen MR) is 126 cm³/mol. The molecule has 33 heavy (non-hydrogen) atoms. The molecule has 2 aliphatic rings. The van der Waals surface area contributed by atoms with Crippen molar-refractivity contribution >= 4 is 11.5 Å². The Labute approximate surface area is 192 Å². The summed E-state index contributed by atoms with van der Waals surface area (Å²) >= 11 is 0. The maximum absolute atomic E-state index is 14.3. The van der Waals surface area contributed by atoms with E-state index in [0.29, 0.717) is 23.7 Å². The van der Waals surface area contributed by atoms with E-state index >= 15 is 0 Å². The number of nitrogens with two attached hydrogens (primary N) is 2. The molecule has 1 aromatic carbocycles. The summed E-state index contributed by atoms with van der Waals surface area (Å²) in [4.78, 5) is 9.30. The lowest BCUT2D eigenvalue weighted by Gasteiger charge is -2.22. The Morgan fingerprint density at radius 1 is 1.27 bits per heavy atom. The summed E-state index contributed by atoms with van der Waals surface area (Å²) in [5, 5.41) is 4.70.